The maximum Gasteiger partial charge on any atom is 0.136 e. The zero-order chi connectivity index (χ0) is 15.5. The number of benzene rings is 1. The third-order valence-corrected chi connectivity index (χ3v) is 4.46. The van der Waals surface area contributed by atoms with Crippen LogP contribution in [0.1, 0.15) is 5.56 Å². The molecule has 2 N–H and O–H groups in total. The first kappa shape index (κ1) is 15.1. The molecule has 0 bridgehead atoms. The maximum atomic E-state index is 9.06. The van der Waals surface area contributed by atoms with E-state index in [0.717, 1.165) is 44.2 Å². The lowest BCUT2D eigenvalue weighted by molar-refractivity contribution is 0.188. The fraction of sp³-hybridized carbons (Fsp3) is 0.471. The quantitative estimate of drug-likeness (QED) is 0.900. The predicted molar refractivity (Wildman–Crippen MR) is 91.8 cm³/mol. The molecule has 0 radical (unpaired) electrons. The third-order valence-electron chi connectivity index (χ3n) is 4.46. The molecule has 0 spiro atoms. The number of nitrogens with zero attached hydrogens (tertiary/aromatic N) is 3. The SMILES string of the molecule is CNc1cnc(N2CCN(CCO)CC2)c2c(C)cccc12. The average Bonchev–Trinajstić information content (AvgIpc) is 2.55. The highest BCUT2D eigenvalue weighted by Gasteiger charge is 2.20. The largest absolute Gasteiger partial charge is 0.395 e. The molecule has 3 rings (SSSR count). The van der Waals surface area contributed by atoms with Gasteiger partial charge in [-0.1, -0.05) is 18.2 Å². The van der Waals surface area contributed by atoms with Crippen molar-refractivity contribution in [1.82, 2.24) is 9.88 Å². The van der Waals surface area contributed by atoms with Gasteiger partial charge >= 0.3 is 0 Å². The number of fused-ring (bicyclic) bond motifs is 1. The molecule has 5 heteroatoms. The maximum absolute atomic E-state index is 9.06. The number of rotatable bonds is 4. The van der Waals surface area contributed by atoms with Crippen molar-refractivity contribution in [1.29, 1.82) is 0 Å². The van der Waals surface area contributed by atoms with Gasteiger partial charge in [0.05, 0.1) is 18.5 Å². The summed E-state index contributed by atoms with van der Waals surface area (Å²) in [5, 5.41) is 14.8. The molecule has 0 unspecified atom stereocenters. The first-order chi connectivity index (χ1) is 10.7. The van der Waals surface area contributed by atoms with Gasteiger partial charge < -0.3 is 15.3 Å². The summed E-state index contributed by atoms with van der Waals surface area (Å²) in [5.74, 6) is 1.08. The standard InChI is InChI=1S/C17H24N4O/c1-13-4-3-5-14-15(18-2)12-19-17(16(13)14)21-8-6-20(7-9-21)10-11-22/h3-5,12,18,22H,6-11H2,1-2H3. The Labute approximate surface area is 131 Å². The van der Waals surface area contributed by atoms with Crippen LogP contribution in [0.3, 0.4) is 0 Å². The fourth-order valence-electron chi connectivity index (χ4n) is 3.21. The molecule has 1 saturated heterocycles. The van der Waals surface area contributed by atoms with Gasteiger partial charge in [0.1, 0.15) is 5.82 Å². The summed E-state index contributed by atoms with van der Waals surface area (Å²) >= 11 is 0. The molecule has 118 valence electrons. The van der Waals surface area contributed by atoms with E-state index in [9.17, 15) is 0 Å². The minimum Gasteiger partial charge on any atom is -0.395 e. The van der Waals surface area contributed by atoms with Crippen LogP contribution < -0.4 is 10.2 Å². The van der Waals surface area contributed by atoms with Gasteiger partial charge in [0.15, 0.2) is 0 Å². The minimum absolute atomic E-state index is 0.233. The van der Waals surface area contributed by atoms with Crippen LogP contribution in [0.15, 0.2) is 24.4 Å². The van der Waals surface area contributed by atoms with Crippen LogP contribution in [0.5, 0.6) is 0 Å². The number of aliphatic hydroxyl groups excluding tert-OH is 1. The number of β-amino-alcohol motifs (C(OH)–C–C–N with tert-alkyl or cyclic N) is 1. The van der Waals surface area contributed by atoms with Crippen LogP contribution in [0.2, 0.25) is 0 Å². The number of nitrogens with one attached hydrogen (secondary N) is 1. The van der Waals surface area contributed by atoms with Crippen molar-refractivity contribution in [2.24, 2.45) is 0 Å². The predicted octanol–water partition coefficient (Wildman–Crippen LogP) is 1.70. The molecular weight excluding hydrogens is 276 g/mol. The van der Waals surface area contributed by atoms with E-state index >= 15 is 0 Å². The van der Waals surface area contributed by atoms with Gasteiger partial charge in [-0.25, -0.2) is 4.98 Å². The van der Waals surface area contributed by atoms with E-state index in [1.807, 2.05) is 13.2 Å². The normalized spacial score (nSPS) is 16.2. The highest BCUT2D eigenvalue weighted by molar-refractivity contribution is 6.02. The van der Waals surface area contributed by atoms with E-state index in [2.05, 4.69) is 40.2 Å². The van der Waals surface area contributed by atoms with Gasteiger partial charge in [-0.2, -0.15) is 0 Å². The monoisotopic (exact) mass is 300 g/mol. The summed E-state index contributed by atoms with van der Waals surface area (Å²) in [5.41, 5.74) is 2.33. The molecule has 22 heavy (non-hydrogen) atoms. The van der Waals surface area contributed by atoms with Crippen molar-refractivity contribution in [3.63, 3.8) is 0 Å². The average molecular weight is 300 g/mol. The number of aryl methyl sites for hydroxylation is 1. The van der Waals surface area contributed by atoms with Crippen LogP contribution >= 0.6 is 0 Å². The molecule has 2 aromatic rings. The Balaban J connectivity index is 1.95. The highest BCUT2D eigenvalue weighted by atomic mass is 16.3. The fourth-order valence-corrected chi connectivity index (χ4v) is 3.21. The summed E-state index contributed by atoms with van der Waals surface area (Å²) in [6, 6.07) is 6.40. The molecular formula is C17H24N4O. The van der Waals surface area contributed by atoms with Crippen molar-refractivity contribution < 1.29 is 5.11 Å². The molecule has 1 aromatic carbocycles. The van der Waals surface area contributed by atoms with Gasteiger partial charge in [0.25, 0.3) is 0 Å². The van der Waals surface area contributed by atoms with Crippen LogP contribution in [0.25, 0.3) is 10.8 Å². The Bertz CT molecular complexity index is 650. The number of aliphatic hydroxyl groups is 1. The number of piperazine rings is 1. The molecule has 5 nitrogen and oxygen atoms in total. The van der Waals surface area contributed by atoms with Crippen LogP contribution in [-0.4, -0.2) is 61.4 Å². The first-order valence-corrected chi connectivity index (χ1v) is 7.89. The van der Waals surface area contributed by atoms with E-state index in [1.54, 1.807) is 0 Å². The van der Waals surface area contributed by atoms with Gasteiger partial charge in [-0.05, 0) is 12.5 Å². The van der Waals surface area contributed by atoms with Gasteiger partial charge in [0, 0.05) is 50.5 Å². The summed E-state index contributed by atoms with van der Waals surface area (Å²) in [6.45, 7) is 7.00. The number of anilines is 2. The Hall–Kier alpha value is -1.85. The summed E-state index contributed by atoms with van der Waals surface area (Å²) in [7, 11) is 1.94. The second-order valence-corrected chi connectivity index (χ2v) is 5.80. The van der Waals surface area contributed by atoms with E-state index in [1.165, 1.54) is 16.3 Å². The van der Waals surface area contributed by atoms with Crippen LogP contribution in [0, 0.1) is 6.92 Å². The minimum atomic E-state index is 0.233. The van der Waals surface area contributed by atoms with Crippen LogP contribution in [0.4, 0.5) is 11.5 Å². The molecule has 1 aromatic heterocycles. The second kappa shape index (κ2) is 6.50. The zero-order valence-electron chi connectivity index (χ0n) is 13.3. The van der Waals surface area contributed by atoms with E-state index < -0.39 is 0 Å². The molecule has 1 aliphatic heterocycles. The second-order valence-electron chi connectivity index (χ2n) is 5.80. The van der Waals surface area contributed by atoms with Gasteiger partial charge in [-0.3, -0.25) is 4.90 Å². The molecule has 0 saturated carbocycles. The lowest BCUT2D eigenvalue weighted by atomic mass is 10.0. The van der Waals surface area contributed by atoms with E-state index in [4.69, 9.17) is 10.1 Å². The lowest BCUT2D eigenvalue weighted by Crippen LogP contribution is -2.47. The van der Waals surface area contributed by atoms with Gasteiger partial charge in [0.2, 0.25) is 0 Å². The number of pyridine rings is 1. The van der Waals surface area contributed by atoms with Crippen molar-refractivity contribution in [2.45, 2.75) is 6.92 Å². The summed E-state index contributed by atoms with van der Waals surface area (Å²) < 4.78 is 0. The Kier molecular flexibility index (Phi) is 4.45. The Morgan fingerprint density at radius 1 is 1.23 bits per heavy atom. The summed E-state index contributed by atoms with van der Waals surface area (Å²) in [4.78, 5) is 9.39. The Morgan fingerprint density at radius 2 is 2.00 bits per heavy atom. The Morgan fingerprint density at radius 3 is 2.68 bits per heavy atom. The van der Waals surface area contributed by atoms with Crippen LogP contribution in [-0.2, 0) is 0 Å². The topological polar surface area (TPSA) is 51.6 Å². The van der Waals surface area contributed by atoms with E-state index in [-0.39, 0.29) is 6.61 Å². The van der Waals surface area contributed by atoms with Crippen molar-refractivity contribution >= 4 is 22.3 Å². The molecule has 0 atom stereocenters. The van der Waals surface area contributed by atoms with E-state index in [0.29, 0.717) is 0 Å². The zero-order valence-corrected chi connectivity index (χ0v) is 13.3. The van der Waals surface area contributed by atoms with Crippen molar-refractivity contribution in [2.75, 3.05) is 56.6 Å². The molecule has 2 heterocycles. The number of hydrogen-bond donors (Lipinski definition) is 2. The molecule has 0 amide bonds. The smallest absolute Gasteiger partial charge is 0.136 e. The van der Waals surface area contributed by atoms with Crippen molar-refractivity contribution in [3.05, 3.63) is 30.0 Å². The lowest BCUT2D eigenvalue weighted by Gasteiger charge is -2.35. The third kappa shape index (κ3) is 2.74. The summed E-state index contributed by atoms with van der Waals surface area (Å²) in [6.07, 6.45) is 1.93. The number of hydrogen-bond acceptors (Lipinski definition) is 5. The molecule has 1 aliphatic rings. The number of aromatic nitrogens is 1. The molecule has 0 aliphatic carbocycles. The first-order valence-electron chi connectivity index (χ1n) is 7.89. The van der Waals surface area contributed by atoms with Crippen molar-refractivity contribution in [3.8, 4) is 0 Å². The highest BCUT2D eigenvalue weighted by Crippen LogP contribution is 2.32. The molecule has 1 fully saturated rings. The van der Waals surface area contributed by atoms with Gasteiger partial charge in [-0.15, -0.1) is 0 Å².